The summed E-state index contributed by atoms with van der Waals surface area (Å²) in [7, 11) is 0. The van der Waals surface area contributed by atoms with Gasteiger partial charge in [-0.1, -0.05) is 58.9 Å². The SMILES string of the molecule is CC(C)c1ccc(CN2CCC[C@]3(CCN(C(=O)C(C)(C)C)C3)C2=O)cc1. The number of nitrogens with zero attached hydrogens (tertiary/aromatic N) is 2. The lowest BCUT2D eigenvalue weighted by Gasteiger charge is -2.39. The van der Waals surface area contributed by atoms with E-state index in [1.807, 2.05) is 30.6 Å². The molecule has 1 aromatic rings. The van der Waals surface area contributed by atoms with Gasteiger partial charge in [-0.25, -0.2) is 0 Å². The Balaban J connectivity index is 1.70. The Morgan fingerprint density at radius 2 is 1.78 bits per heavy atom. The zero-order valence-electron chi connectivity index (χ0n) is 17.5. The summed E-state index contributed by atoms with van der Waals surface area (Å²) in [6.45, 7) is 13.0. The number of carbonyl (C=O) groups excluding carboxylic acids is 2. The van der Waals surface area contributed by atoms with Crippen molar-refractivity contribution in [1.82, 2.24) is 9.80 Å². The molecule has 0 N–H and O–H groups in total. The van der Waals surface area contributed by atoms with Crippen LogP contribution in [0.25, 0.3) is 0 Å². The van der Waals surface area contributed by atoms with E-state index in [1.165, 1.54) is 11.1 Å². The lowest BCUT2D eigenvalue weighted by Crippen LogP contribution is -2.50. The molecule has 4 nitrogen and oxygen atoms in total. The van der Waals surface area contributed by atoms with Crippen molar-refractivity contribution in [3.05, 3.63) is 35.4 Å². The van der Waals surface area contributed by atoms with E-state index in [1.54, 1.807) is 0 Å². The molecule has 2 amide bonds. The van der Waals surface area contributed by atoms with E-state index in [0.29, 0.717) is 25.6 Å². The highest BCUT2D eigenvalue weighted by atomic mass is 16.2. The number of hydrogen-bond donors (Lipinski definition) is 0. The molecule has 0 unspecified atom stereocenters. The van der Waals surface area contributed by atoms with Crippen LogP contribution in [0, 0.1) is 10.8 Å². The maximum Gasteiger partial charge on any atom is 0.230 e. The first-order valence-corrected chi connectivity index (χ1v) is 10.3. The molecule has 27 heavy (non-hydrogen) atoms. The predicted octanol–water partition coefficient (Wildman–Crippen LogP) is 4.20. The number of rotatable bonds is 3. The van der Waals surface area contributed by atoms with E-state index in [4.69, 9.17) is 0 Å². The number of carbonyl (C=O) groups is 2. The van der Waals surface area contributed by atoms with Crippen LogP contribution >= 0.6 is 0 Å². The van der Waals surface area contributed by atoms with E-state index in [0.717, 1.165) is 25.8 Å². The summed E-state index contributed by atoms with van der Waals surface area (Å²) in [5.74, 6) is 0.920. The molecule has 2 aliphatic rings. The Bertz CT molecular complexity index is 702. The summed E-state index contributed by atoms with van der Waals surface area (Å²) in [5.41, 5.74) is 1.76. The molecule has 0 saturated carbocycles. The quantitative estimate of drug-likeness (QED) is 0.800. The van der Waals surface area contributed by atoms with Crippen LogP contribution in [0.3, 0.4) is 0 Å². The second-order valence-corrected chi connectivity index (χ2v) is 9.73. The molecule has 2 heterocycles. The van der Waals surface area contributed by atoms with Crippen molar-refractivity contribution in [2.45, 2.75) is 66.3 Å². The van der Waals surface area contributed by atoms with Crippen LogP contribution in [-0.4, -0.2) is 41.2 Å². The van der Waals surface area contributed by atoms with Crippen molar-refractivity contribution >= 4 is 11.8 Å². The smallest absolute Gasteiger partial charge is 0.230 e. The lowest BCUT2D eigenvalue weighted by atomic mass is 9.78. The molecule has 3 rings (SSSR count). The third kappa shape index (κ3) is 4.04. The third-order valence-corrected chi connectivity index (χ3v) is 6.13. The van der Waals surface area contributed by atoms with E-state index in [9.17, 15) is 9.59 Å². The summed E-state index contributed by atoms with van der Waals surface area (Å²) in [6, 6.07) is 8.63. The van der Waals surface area contributed by atoms with E-state index in [-0.39, 0.29) is 22.6 Å². The Kier molecular flexibility index (Phi) is 5.38. The van der Waals surface area contributed by atoms with Gasteiger partial charge in [0.05, 0.1) is 5.41 Å². The highest BCUT2D eigenvalue weighted by Gasteiger charge is 2.50. The Labute approximate surface area is 163 Å². The van der Waals surface area contributed by atoms with Gasteiger partial charge in [0.2, 0.25) is 11.8 Å². The van der Waals surface area contributed by atoms with Crippen LogP contribution in [0.2, 0.25) is 0 Å². The molecule has 2 fully saturated rings. The van der Waals surface area contributed by atoms with Gasteiger partial charge in [-0.15, -0.1) is 0 Å². The van der Waals surface area contributed by atoms with Gasteiger partial charge in [0.1, 0.15) is 0 Å². The standard InChI is InChI=1S/C23H34N2O2/c1-17(2)19-9-7-18(8-10-19)15-24-13-6-11-23(21(24)27)12-14-25(16-23)20(26)22(3,4)5/h7-10,17H,6,11-16H2,1-5H3/t23-/m1/s1. The summed E-state index contributed by atoms with van der Waals surface area (Å²) >= 11 is 0. The monoisotopic (exact) mass is 370 g/mol. The maximum absolute atomic E-state index is 13.3. The summed E-state index contributed by atoms with van der Waals surface area (Å²) < 4.78 is 0. The highest BCUT2D eigenvalue weighted by molar-refractivity contribution is 5.87. The Morgan fingerprint density at radius 3 is 2.37 bits per heavy atom. The minimum Gasteiger partial charge on any atom is -0.341 e. The minimum atomic E-state index is -0.388. The van der Waals surface area contributed by atoms with E-state index in [2.05, 4.69) is 38.1 Å². The zero-order chi connectivity index (χ0) is 19.8. The molecular weight excluding hydrogens is 336 g/mol. The topological polar surface area (TPSA) is 40.6 Å². The van der Waals surface area contributed by atoms with Gasteiger partial charge >= 0.3 is 0 Å². The van der Waals surface area contributed by atoms with Crippen LogP contribution in [0.4, 0.5) is 0 Å². The second kappa shape index (κ2) is 7.29. The summed E-state index contributed by atoms with van der Waals surface area (Å²) in [4.78, 5) is 29.9. The van der Waals surface area contributed by atoms with Crippen molar-refractivity contribution < 1.29 is 9.59 Å². The van der Waals surface area contributed by atoms with Crippen LogP contribution in [-0.2, 0) is 16.1 Å². The van der Waals surface area contributed by atoms with Gasteiger partial charge in [-0.2, -0.15) is 0 Å². The molecule has 2 aliphatic heterocycles. The van der Waals surface area contributed by atoms with Crippen LogP contribution < -0.4 is 0 Å². The first-order valence-electron chi connectivity index (χ1n) is 10.3. The van der Waals surface area contributed by atoms with Crippen LogP contribution in [0.15, 0.2) is 24.3 Å². The minimum absolute atomic E-state index is 0.161. The first-order chi connectivity index (χ1) is 12.6. The molecule has 1 aromatic carbocycles. The normalized spacial score (nSPS) is 23.6. The van der Waals surface area contributed by atoms with Gasteiger partial charge in [-0.05, 0) is 36.3 Å². The number of likely N-dealkylation sites (tertiary alicyclic amines) is 2. The van der Waals surface area contributed by atoms with Crippen molar-refractivity contribution in [2.75, 3.05) is 19.6 Å². The Hall–Kier alpha value is -1.84. The Morgan fingerprint density at radius 1 is 1.11 bits per heavy atom. The fourth-order valence-electron chi connectivity index (χ4n) is 4.43. The number of hydrogen-bond acceptors (Lipinski definition) is 2. The summed E-state index contributed by atoms with van der Waals surface area (Å²) in [6.07, 6.45) is 2.73. The van der Waals surface area contributed by atoms with E-state index >= 15 is 0 Å². The van der Waals surface area contributed by atoms with Crippen LogP contribution in [0.5, 0.6) is 0 Å². The third-order valence-electron chi connectivity index (χ3n) is 6.13. The fraction of sp³-hybridized carbons (Fsp3) is 0.652. The zero-order valence-corrected chi connectivity index (χ0v) is 17.5. The van der Waals surface area contributed by atoms with Crippen molar-refractivity contribution in [1.29, 1.82) is 0 Å². The number of piperidine rings is 1. The average molecular weight is 371 g/mol. The molecule has 0 aliphatic carbocycles. The van der Waals surface area contributed by atoms with E-state index < -0.39 is 0 Å². The molecule has 0 bridgehead atoms. The predicted molar refractivity (Wildman–Crippen MR) is 108 cm³/mol. The van der Waals surface area contributed by atoms with Gasteiger partial charge in [0.15, 0.2) is 0 Å². The van der Waals surface area contributed by atoms with Gasteiger partial charge in [-0.3, -0.25) is 9.59 Å². The second-order valence-electron chi connectivity index (χ2n) is 9.73. The maximum atomic E-state index is 13.3. The molecular formula is C23H34N2O2. The molecule has 4 heteroatoms. The summed E-state index contributed by atoms with van der Waals surface area (Å²) in [5, 5.41) is 0. The molecule has 2 saturated heterocycles. The molecule has 1 atom stereocenters. The fourth-order valence-corrected chi connectivity index (χ4v) is 4.43. The van der Waals surface area contributed by atoms with Gasteiger partial charge in [0, 0.05) is 31.6 Å². The lowest BCUT2D eigenvalue weighted by molar-refractivity contribution is -0.147. The van der Waals surface area contributed by atoms with Crippen LogP contribution in [0.1, 0.15) is 70.9 Å². The van der Waals surface area contributed by atoms with Crippen molar-refractivity contribution in [3.8, 4) is 0 Å². The van der Waals surface area contributed by atoms with Crippen molar-refractivity contribution in [2.24, 2.45) is 10.8 Å². The largest absolute Gasteiger partial charge is 0.341 e. The number of benzene rings is 1. The molecule has 0 aromatic heterocycles. The highest BCUT2D eigenvalue weighted by Crippen LogP contribution is 2.41. The number of amides is 2. The van der Waals surface area contributed by atoms with Gasteiger partial charge in [0.25, 0.3) is 0 Å². The molecule has 148 valence electrons. The average Bonchev–Trinajstić information content (AvgIpc) is 3.03. The molecule has 1 spiro atoms. The van der Waals surface area contributed by atoms with Gasteiger partial charge < -0.3 is 9.80 Å². The first kappa shape index (κ1) is 19.9. The van der Waals surface area contributed by atoms with Crippen molar-refractivity contribution in [3.63, 3.8) is 0 Å². The molecule has 0 radical (unpaired) electrons.